The third kappa shape index (κ3) is 3.44. The van der Waals surface area contributed by atoms with Crippen molar-refractivity contribution in [3.05, 3.63) is 51.5 Å². The lowest BCUT2D eigenvalue weighted by Gasteiger charge is -2.09. The fraction of sp³-hybridized carbons (Fsp3) is 0.0714. The van der Waals surface area contributed by atoms with Gasteiger partial charge in [-0.25, -0.2) is 0 Å². The number of phenols is 2. The molecule has 0 radical (unpaired) electrons. The first-order valence-electron chi connectivity index (χ1n) is 6.92. The summed E-state index contributed by atoms with van der Waals surface area (Å²) in [5.74, 6) is -1.79. The molecule has 0 amide bonds. The van der Waals surface area contributed by atoms with Gasteiger partial charge in [-0.3, -0.25) is 10.1 Å². The number of nitro benzene ring substituents is 1. The van der Waals surface area contributed by atoms with Gasteiger partial charge in [0.1, 0.15) is 11.3 Å². The molecular weight excluding hydrogens is 393 g/mol. The zero-order valence-electron chi connectivity index (χ0n) is 12.8. The molecule has 3 rings (SSSR count). The summed E-state index contributed by atoms with van der Waals surface area (Å²) in [4.78, 5) is 10.0. The van der Waals surface area contributed by atoms with Gasteiger partial charge in [-0.15, -0.1) is 5.10 Å². The van der Waals surface area contributed by atoms with E-state index in [0.29, 0.717) is 23.8 Å². The summed E-state index contributed by atoms with van der Waals surface area (Å²) in [7, 11) is 0. The number of hydrogen-bond acceptors (Lipinski definition) is 8. The van der Waals surface area contributed by atoms with Gasteiger partial charge in [0.25, 0.3) is 0 Å². The maximum atomic E-state index is 12.9. The summed E-state index contributed by atoms with van der Waals surface area (Å²) in [6, 6.07) is 2.54. The number of hydrogen-bond donors (Lipinski definition) is 2. The van der Waals surface area contributed by atoms with E-state index in [1.54, 1.807) is 0 Å². The second-order valence-electron chi connectivity index (χ2n) is 5.24. The van der Waals surface area contributed by atoms with Crippen LogP contribution in [0.15, 0.2) is 30.6 Å². The standard InChI is InChI=1S/C14H7F3N4O5S/c15-14(16,17)8-1-7(4-20(24)5-8)13-11(18-19-27-13)6-2-9(21(25)26)12(23)10(22)3-6/h1-5,22-23H. The van der Waals surface area contributed by atoms with Crippen LogP contribution in [-0.2, 0) is 6.18 Å². The summed E-state index contributed by atoms with van der Waals surface area (Å²) < 4.78 is 42.4. The Bertz CT molecular complexity index is 1050. The molecule has 9 nitrogen and oxygen atoms in total. The summed E-state index contributed by atoms with van der Waals surface area (Å²) in [5, 5.41) is 45.5. The topological polar surface area (TPSA) is 136 Å². The lowest BCUT2D eigenvalue weighted by Crippen LogP contribution is -2.27. The highest BCUT2D eigenvalue weighted by atomic mass is 32.1. The largest absolute Gasteiger partial charge is 0.619 e. The molecule has 0 aliphatic rings. The van der Waals surface area contributed by atoms with Crippen molar-refractivity contribution in [2.24, 2.45) is 0 Å². The average molecular weight is 400 g/mol. The zero-order chi connectivity index (χ0) is 19.9. The van der Waals surface area contributed by atoms with E-state index in [9.17, 15) is 38.7 Å². The molecular formula is C14H7F3N4O5S. The van der Waals surface area contributed by atoms with Gasteiger partial charge in [-0.1, -0.05) is 4.49 Å². The number of aromatic nitrogens is 3. The van der Waals surface area contributed by atoms with Gasteiger partial charge in [-0.05, 0) is 23.7 Å². The molecule has 2 heterocycles. The smallest absolute Gasteiger partial charge is 0.422 e. The number of nitrogens with zero attached hydrogens (tertiary/aromatic N) is 4. The monoisotopic (exact) mass is 400 g/mol. The molecule has 13 heteroatoms. The molecule has 0 saturated carbocycles. The first-order valence-corrected chi connectivity index (χ1v) is 7.69. The number of nitro groups is 1. The minimum atomic E-state index is -4.77. The van der Waals surface area contributed by atoms with Crippen LogP contribution in [0.2, 0.25) is 0 Å². The first kappa shape index (κ1) is 18.3. The Hall–Kier alpha value is -3.48. The number of pyridine rings is 1. The van der Waals surface area contributed by atoms with Crippen LogP contribution in [0.5, 0.6) is 11.5 Å². The van der Waals surface area contributed by atoms with Crippen molar-refractivity contribution in [1.82, 2.24) is 9.59 Å². The van der Waals surface area contributed by atoms with Gasteiger partial charge < -0.3 is 15.4 Å². The van der Waals surface area contributed by atoms with E-state index in [0.717, 1.165) is 18.3 Å². The number of alkyl halides is 3. The van der Waals surface area contributed by atoms with E-state index < -0.39 is 33.8 Å². The lowest BCUT2D eigenvalue weighted by atomic mass is 10.1. The van der Waals surface area contributed by atoms with E-state index in [1.165, 1.54) is 0 Å². The summed E-state index contributed by atoms with van der Waals surface area (Å²) in [6.07, 6.45) is -3.55. The molecule has 2 aromatic heterocycles. The molecule has 0 atom stereocenters. The molecule has 3 aromatic rings. The van der Waals surface area contributed by atoms with E-state index in [4.69, 9.17) is 0 Å². The van der Waals surface area contributed by atoms with Crippen molar-refractivity contribution >= 4 is 17.2 Å². The number of halogens is 3. The highest BCUT2D eigenvalue weighted by Crippen LogP contribution is 2.42. The normalized spacial score (nSPS) is 11.5. The van der Waals surface area contributed by atoms with Crippen molar-refractivity contribution in [3.8, 4) is 33.2 Å². The maximum absolute atomic E-state index is 12.9. The van der Waals surface area contributed by atoms with Crippen LogP contribution in [0.3, 0.4) is 0 Å². The van der Waals surface area contributed by atoms with Gasteiger partial charge in [0.05, 0.1) is 15.4 Å². The molecule has 0 fully saturated rings. The van der Waals surface area contributed by atoms with E-state index in [-0.39, 0.29) is 26.4 Å². The molecule has 0 spiro atoms. The van der Waals surface area contributed by atoms with Crippen molar-refractivity contribution in [2.45, 2.75) is 6.18 Å². The number of benzene rings is 1. The molecule has 2 N–H and O–H groups in total. The third-order valence-corrected chi connectivity index (χ3v) is 4.24. The lowest BCUT2D eigenvalue weighted by molar-refractivity contribution is -0.606. The van der Waals surface area contributed by atoms with Gasteiger partial charge in [-0.2, -0.15) is 17.9 Å². The quantitative estimate of drug-likeness (QED) is 0.227. The van der Waals surface area contributed by atoms with Gasteiger partial charge >= 0.3 is 11.9 Å². The van der Waals surface area contributed by atoms with Crippen LogP contribution < -0.4 is 4.73 Å². The molecule has 1 aromatic carbocycles. The molecule has 0 aliphatic heterocycles. The SMILES string of the molecule is O=[N+]([O-])c1cc(-c2nnsc2-c2cc(C(F)(F)F)c[n+]([O-])c2)cc(O)c1O. The van der Waals surface area contributed by atoms with Crippen LogP contribution in [-0.4, -0.2) is 24.7 Å². The molecule has 0 bridgehead atoms. The molecule has 27 heavy (non-hydrogen) atoms. The van der Waals surface area contributed by atoms with Gasteiger partial charge in [0, 0.05) is 11.6 Å². The van der Waals surface area contributed by atoms with Crippen molar-refractivity contribution in [2.75, 3.05) is 0 Å². The summed E-state index contributed by atoms with van der Waals surface area (Å²) in [6.45, 7) is 0. The van der Waals surface area contributed by atoms with Crippen LogP contribution >= 0.6 is 11.5 Å². The Morgan fingerprint density at radius 2 is 1.85 bits per heavy atom. The van der Waals surface area contributed by atoms with Crippen LogP contribution in [0, 0.1) is 15.3 Å². The molecule has 140 valence electrons. The van der Waals surface area contributed by atoms with Gasteiger partial charge in [0.2, 0.25) is 5.75 Å². The van der Waals surface area contributed by atoms with Crippen LogP contribution in [0.1, 0.15) is 5.56 Å². The fourth-order valence-corrected chi connectivity index (χ4v) is 2.95. The highest BCUT2D eigenvalue weighted by Gasteiger charge is 2.34. The third-order valence-electron chi connectivity index (χ3n) is 3.46. The Kier molecular flexibility index (Phi) is 4.31. The van der Waals surface area contributed by atoms with Crippen molar-refractivity contribution in [1.29, 1.82) is 0 Å². The van der Waals surface area contributed by atoms with Crippen molar-refractivity contribution < 1.29 is 33.0 Å². The maximum Gasteiger partial charge on any atom is 0.422 e. The Morgan fingerprint density at radius 1 is 1.15 bits per heavy atom. The predicted molar refractivity (Wildman–Crippen MR) is 84.7 cm³/mol. The molecule has 0 saturated heterocycles. The average Bonchev–Trinajstić information content (AvgIpc) is 3.05. The highest BCUT2D eigenvalue weighted by molar-refractivity contribution is 7.09. The minimum Gasteiger partial charge on any atom is -0.619 e. The first-order chi connectivity index (χ1) is 12.6. The number of aromatic hydroxyl groups is 2. The van der Waals surface area contributed by atoms with Crippen molar-refractivity contribution in [3.63, 3.8) is 0 Å². The number of phenolic OH excluding ortho intramolecular Hbond substituents is 2. The van der Waals surface area contributed by atoms with Crippen LogP contribution in [0.25, 0.3) is 21.7 Å². The second kappa shape index (κ2) is 6.35. The van der Waals surface area contributed by atoms with E-state index in [1.807, 2.05) is 0 Å². The summed E-state index contributed by atoms with van der Waals surface area (Å²) >= 11 is 0.655. The second-order valence-corrected chi connectivity index (χ2v) is 6.00. The fourth-order valence-electron chi connectivity index (χ4n) is 2.28. The Morgan fingerprint density at radius 3 is 2.48 bits per heavy atom. The summed E-state index contributed by atoms with van der Waals surface area (Å²) in [5.41, 5.74) is -2.37. The molecule has 0 aliphatic carbocycles. The van der Waals surface area contributed by atoms with Crippen LogP contribution in [0.4, 0.5) is 18.9 Å². The van der Waals surface area contributed by atoms with E-state index in [2.05, 4.69) is 9.59 Å². The number of rotatable bonds is 3. The van der Waals surface area contributed by atoms with E-state index >= 15 is 0 Å². The Labute approximate surface area is 151 Å². The zero-order valence-corrected chi connectivity index (χ0v) is 13.7. The molecule has 0 unspecified atom stereocenters. The predicted octanol–water partition coefficient (Wildman–Crippen LogP) is 2.84. The Balaban J connectivity index is 2.19. The minimum absolute atomic E-state index is 0.0186. The van der Waals surface area contributed by atoms with Gasteiger partial charge in [0.15, 0.2) is 18.1 Å².